The van der Waals surface area contributed by atoms with Crippen LogP contribution < -0.4 is 4.74 Å². The number of hydrogen-bond donors (Lipinski definition) is 0. The summed E-state index contributed by atoms with van der Waals surface area (Å²) in [5, 5.41) is 1.02. The Morgan fingerprint density at radius 2 is 1.88 bits per heavy atom. The van der Waals surface area contributed by atoms with Crippen LogP contribution in [0.5, 0.6) is 5.75 Å². The maximum Gasteiger partial charge on any atom is 0.141 e. The number of nitrogens with zero attached hydrogens (tertiary/aromatic N) is 1. The van der Waals surface area contributed by atoms with Gasteiger partial charge in [-0.3, -0.25) is 0 Å². The Morgan fingerprint density at radius 3 is 2.53 bits per heavy atom. The number of rotatable bonds is 4. The summed E-state index contributed by atoms with van der Waals surface area (Å²) in [6.45, 7) is 2.56. The number of thioether (sulfide) groups is 1. The zero-order valence-electron chi connectivity index (χ0n) is 10.0. The minimum absolute atomic E-state index is 0.585. The van der Waals surface area contributed by atoms with E-state index in [2.05, 4.69) is 17.1 Å². The Hall–Kier alpha value is -1.48. The second-order valence-corrected chi connectivity index (χ2v) is 4.54. The molecule has 0 aliphatic carbocycles. The Morgan fingerprint density at radius 1 is 1.12 bits per heavy atom. The van der Waals surface area contributed by atoms with Gasteiger partial charge < -0.3 is 4.74 Å². The molecule has 0 aliphatic rings. The molecule has 1 aromatic heterocycles. The predicted molar refractivity (Wildman–Crippen MR) is 71.5 cm³/mol. The molecule has 1 heterocycles. The van der Waals surface area contributed by atoms with Gasteiger partial charge in [0.25, 0.3) is 0 Å². The van der Waals surface area contributed by atoms with Crippen LogP contribution in [0.25, 0.3) is 0 Å². The van der Waals surface area contributed by atoms with Gasteiger partial charge in [-0.05, 0) is 30.9 Å². The van der Waals surface area contributed by atoms with Crippen LogP contribution in [0.2, 0.25) is 0 Å². The largest absolute Gasteiger partial charge is 0.487 e. The van der Waals surface area contributed by atoms with E-state index < -0.39 is 0 Å². The summed E-state index contributed by atoms with van der Waals surface area (Å²) in [5.74, 6) is 0.853. The molecule has 2 rings (SSSR count). The zero-order valence-corrected chi connectivity index (χ0v) is 10.8. The molecule has 0 fully saturated rings. The number of benzene rings is 1. The third-order valence-electron chi connectivity index (χ3n) is 2.46. The lowest BCUT2D eigenvalue weighted by molar-refractivity contribution is 0.302. The van der Waals surface area contributed by atoms with Crippen LogP contribution in [0.1, 0.15) is 11.3 Å². The highest BCUT2D eigenvalue weighted by Gasteiger charge is 2.02. The van der Waals surface area contributed by atoms with Crippen LogP contribution in [0.4, 0.5) is 0 Å². The minimum atomic E-state index is 0.585. The molecule has 2 nitrogen and oxygen atoms in total. The summed E-state index contributed by atoms with van der Waals surface area (Å²) in [4.78, 5) is 4.44. The Labute approximate surface area is 106 Å². The van der Waals surface area contributed by atoms with Crippen LogP contribution in [0.15, 0.2) is 47.5 Å². The lowest BCUT2D eigenvalue weighted by Gasteiger charge is -2.09. The Bertz CT molecular complexity index is 485. The highest BCUT2D eigenvalue weighted by atomic mass is 32.2. The fourth-order valence-corrected chi connectivity index (χ4v) is 1.96. The molecule has 0 spiro atoms. The SMILES string of the molecule is CSc1ccc(OCc2ccccc2)c(C)n1. The van der Waals surface area contributed by atoms with Gasteiger partial charge in [0, 0.05) is 0 Å². The molecule has 0 amide bonds. The van der Waals surface area contributed by atoms with E-state index >= 15 is 0 Å². The van der Waals surface area contributed by atoms with Gasteiger partial charge in [0.1, 0.15) is 12.4 Å². The fourth-order valence-electron chi connectivity index (χ4n) is 1.53. The molecule has 3 heteroatoms. The fraction of sp³-hybridized carbons (Fsp3) is 0.214. The first-order valence-corrected chi connectivity index (χ1v) is 6.70. The van der Waals surface area contributed by atoms with Crippen molar-refractivity contribution in [2.75, 3.05) is 6.26 Å². The second kappa shape index (κ2) is 5.73. The smallest absolute Gasteiger partial charge is 0.141 e. The van der Waals surface area contributed by atoms with Crippen molar-refractivity contribution >= 4 is 11.8 Å². The molecule has 88 valence electrons. The van der Waals surface area contributed by atoms with Gasteiger partial charge in [0.15, 0.2) is 0 Å². The van der Waals surface area contributed by atoms with E-state index in [1.165, 1.54) is 5.56 Å². The number of ether oxygens (including phenoxy) is 1. The molecule has 2 aromatic rings. The first-order valence-electron chi connectivity index (χ1n) is 5.48. The molecule has 0 saturated heterocycles. The summed E-state index contributed by atoms with van der Waals surface area (Å²) in [7, 11) is 0. The lowest BCUT2D eigenvalue weighted by Crippen LogP contribution is -1.98. The van der Waals surface area contributed by atoms with Crippen LogP contribution in [-0.4, -0.2) is 11.2 Å². The molecule has 0 N–H and O–H groups in total. The van der Waals surface area contributed by atoms with Crippen molar-refractivity contribution < 1.29 is 4.74 Å². The van der Waals surface area contributed by atoms with Gasteiger partial charge in [-0.15, -0.1) is 11.8 Å². The molecule has 0 aliphatic heterocycles. The molecule has 0 unspecified atom stereocenters. The van der Waals surface area contributed by atoms with E-state index in [1.54, 1.807) is 11.8 Å². The van der Waals surface area contributed by atoms with E-state index in [0.29, 0.717) is 6.61 Å². The van der Waals surface area contributed by atoms with E-state index in [1.807, 2.05) is 43.5 Å². The van der Waals surface area contributed by atoms with Crippen LogP contribution in [0, 0.1) is 6.92 Å². The number of aryl methyl sites for hydroxylation is 1. The number of pyridine rings is 1. The summed E-state index contributed by atoms with van der Waals surface area (Å²) >= 11 is 1.64. The van der Waals surface area contributed by atoms with Gasteiger partial charge in [-0.1, -0.05) is 30.3 Å². The summed E-state index contributed by atoms with van der Waals surface area (Å²) in [6.07, 6.45) is 2.02. The molecule has 17 heavy (non-hydrogen) atoms. The Balaban J connectivity index is 2.04. The molecular weight excluding hydrogens is 230 g/mol. The first kappa shape index (κ1) is 12.0. The van der Waals surface area contributed by atoms with Crippen molar-refractivity contribution in [3.8, 4) is 5.75 Å². The molecule has 0 saturated carbocycles. The van der Waals surface area contributed by atoms with Gasteiger partial charge in [-0.2, -0.15) is 0 Å². The summed E-state index contributed by atoms with van der Waals surface area (Å²) < 4.78 is 5.75. The van der Waals surface area contributed by atoms with Gasteiger partial charge >= 0.3 is 0 Å². The van der Waals surface area contributed by atoms with Crippen LogP contribution >= 0.6 is 11.8 Å². The van der Waals surface area contributed by atoms with E-state index in [0.717, 1.165) is 16.5 Å². The maximum atomic E-state index is 5.75. The standard InChI is InChI=1S/C14H15NOS/c1-11-13(8-9-14(15-11)17-2)16-10-12-6-4-3-5-7-12/h3-9H,10H2,1-2H3. The van der Waals surface area contributed by atoms with Crippen molar-refractivity contribution in [1.29, 1.82) is 0 Å². The highest BCUT2D eigenvalue weighted by molar-refractivity contribution is 7.98. The number of hydrogen-bond acceptors (Lipinski definition) is 3. The minimum Gasteiger partial charge on any atom is -0.487 e. The van der Waals surface area contributed by atoms with Gasteiger partial charge in [0.2, 0.25) is 0 Å². The molecule has 0 bridgehead atoms. The summed E-state index contributed by atoms with van der Waals surface area (Å²) in [5.41, 5.74) is 2.11. The number of aromatic nitrogens is 1. The van der Waals surface area contributed by atoms with E-state index in [4.69, 9.17) is 4.74 Å². The second-order valence-electron chi connectivity index (χ2n) is 3.71. The first-order chi connectivity index (χ1) is 8.29. The van der Waals surface area contributed by atoms with Crippen molar-refractivity contribution in [2.45, 2.75) is 18.6 Å². The average Bonchev–Trinajstić information content (AvgIpc) is 2.38. The van der Waals surface area contributed by atoms with Gasteiger partial charge in [-0.25, -0.2) is 4.98 Å². The maximum absolute atomic E-state index is 5.75. The lowest BCUT2D eigenvalue weighted by atomic mass is 10.2. The van der Waals surface area contributed by atoms with Crippen LogP contribution in [-0.2, 0) is 6.61 Å². The topological polar surface area (TPSA) is 22.1 Å². The van der Waals surface area contributed by atoms with E-state index in [9.17, 15) is 0 Å². The highest BCUT2D eigenvalue weighted by Crippen LogP contribution is 2.21. The van der Waals surface area contributed by atoms with Crippen molar-refractivity contribution in [3.63, 3.8) is 0 Å². The Kier molecular flexibility index (Phi) is 4.04. The molecule has 1 aromatic carbocycles. The van der Waals surface area contributed by atoms with Gasteiger partial charge in [0.05, 0.1) is 10.7 Å². The molecule has 0 radical (unpaired) electrons. The zero-order chi connectivity index (χ0) is 12.1. The third-order valence-corrected chi connectivity index (χ3v) is 3.10. The van der Waals surface area contributed by atoms with Crippen molar-refractivity contribution in [1.82, 2.24) is 4.98 Å². The van der Waals surface area contributed by atoms with Crippen LogP contribution in [0.3, 0.4) is 0 Å². The monoisotopic (exact) mass is 245 g/mol. The van der Waals surface area contributed by atoms with Crippen molar-refractivity contribution in [2.24, 2.45) is 0 Å². The average molecular weight is 245 g/mol. The van der Waals surface area contributed by atoms with Crippen molar-refractivity contribution in [3.05, 3.63) is 53.7 Å². The summed E-state index contributed by atoms with van der Waals surface area (Å²) in [6, 6.07) is 14.1. The predicted octanol–water partition coefficient (Wildman–Crippen LogP) is 3.69. The third kappa shape index (κ3) is 3.24. The van der Waals surface area contributed by atoms with E-state index in [-0.39, 0.29) is 0 Å². The molecular formula is C14H15NOS. The quantitative estimate of drug-likeness (QED) is 0.767. The normalized spacial score (nSPS) is 10.2. The molecule has 0 atom stereocenters.